The maximum Gasteiger partial charge on any atom is 1.00 e. The van der Waals surface area contributed by atoms with E-state index in [1.807, 2.05) is 0 Å². The zero-order valence-corrected chi connectivity index (χ0v) is 17.4. The van der Waals surface area contributed by atoms with E-state index in [1.165, 1.54) is 6.07 Å². The number of hydrogen-bond acceptors (Lipinski definition) is 5. The molecule has 0 aliphatic carbocycles. The predicted molar refractivity (Wildman–Crippen MR) is 91.4 cm³/mol. The van der Waals surface area contributed by atoms with Crippen molar-refractivity contribution >= 4 is 28.9 Å². The van der Waals surface area contributed by atoms with Gasteiger partial charge in [-0.05, 0) is 24.3 Å². The molecule has 0 amide bonds. The molecular weight excluding hydrogens is 388 g/mol. The summed E-state index contributed by atoms with van der Waals surface area (Å²) in [5.74, 6) is -1.11. The molecule has 0 radical (unpaired) electrons. The van der Waals surface area contributed by atoms with Gasteiger partial charge in [-0.15, -0.1) is 11.3 Å². The normalized spacial score (nSPS) is 10.2. The van der Waals surface area contributed by atoms with Crippen LogP contribution >= 0.6 is 22.9 Å². The standard InChI is InChI=1S/C18H13ClFNO3S.Na/c19-13-5-6-16(24-9-11-3-1-2-4-15(11)20)12(7-13)8-14-10-25-17(21-14)18(22)23;/h1-7,10H,8-9H2,(H,22,23);/q;+1/p-1. The minimum atomic E-state index is -1.31. The first-order chi connectivity index (χ1) is 12.0. The fraction of sp³-hybridized carbons (Fsp3) is 0.111. The van der Waals surface area contributed by atoms with Gasteiger partial charge in [-0.2, -0.15) is 0 Å². The number of hydrogen-bond donors (Lipinski definition) is 0. The molecule has 3 aromatic rings. The number of halogens is 2. The quantitative estimate of drug-likeness (QED) is 0.565. The Balaban J connectivity index is 0.00000243. The summed E-state index contributed by atoms with van der Waals surface area (Å²) in [6.45, 7) is 0.0721. The van der Waals surface area contributed by atoms with E-state index in [4.69, 9.17) is 16.3 Å². The second kappa shape index (κ2) is 9.48. The third kappa shape index (κ3) is 5.28. The smallest absolute Gasteiger partial charge is 0.542 e. The van der Waals surface area contributed by atoms with Gasteiger partial charge >= 0.3 is 29.6 Å². The minimum Gasteiger partial charge on any atom is -0.542 e. The van der Waals surface area contributed by atoms with Crippen molar-refractivity contribution in [3.8, 4) is 5.75 Å². The number of carboxylic acids is 1. The number of carbonyl (C=O) groups excluding carboxylic acids is 1. The zero-order chi connectivity index (χ0) is 17.8. The molecule has 1 aromatic heterocycles. The topological polar surface area (TPSA) is 62.2 Å². The number of rotatable bonds is 6. The monoisotopic (exact) mass is 399 g/mol. The van der Waals surface area contributed by atoms with Crippen LogP contribution in [0.15, 0.2) is 47.8 Å². The van der Waals surface area contributed by atoms with Crippen LogP contribution in [0.1, 0.15) is 26.6 Å². The van der Waals surface area contributed by atoms with E-state index in [9.17, 15) is 14.3 Å². The van der Waals surface area contributed by atoms with Crippen LogP contribution in [-0.2, 0) is 13.0 Å². The summed E-state index contributed by atoms with van der Waals surface area (Å²) in [5.41, 5.74) is 1.75. The van der Waals surface area contributed by atoms with Gasteiger partial charge in [0.25, 0.3) is 0 Å². The second-order valence-corrected chi connectivity index (χ2v) is 6.53. The van der Waals surface area contributed by atoms with Crippen molar-refractivity contribution in [3.63, 3.8) is 0 Å². The van der Waals surface area contributed by atoms with Crippen LogP contribution in [0.3, 0.4) is 0 Å². The average Bonchev–Trinajstić information content (AvgIpc) is 3.04. The first-order valence-electron chi connectivity index (χ1n) is 7.33. The van der Waals surface area contributed by atoms with Gasteiger partial charge < -0.3 is 14.6 Å². The number of aromatic carboxylic acids is 1. The number of carboxylic acid groups (broad SMARTS) is 1. The molecule has 1 heterocycles. The summed E-state index contributed by atoms with van der Waals surface area (Å²) >= 11 is 7.05. The van der Waals surface area contributed by atoms with E-state index in [-0.39, 0.29) is 47.0 Å². The molecule has 0 bridgehead atoms. The first kappa shape index (κ1) is 20.9. The fourth-order valence-electron chi connectivity index (χ4n) is 2.27. The van der Waals surface area contributed by atoms with Gasteiger partial charge in [0, 0.05) is 28.0 Å². The number of carbonyl (C=O) groups is 1. The second-order valence-electron chi connectivity index (χ2n) is 5.24. The molecule has 0 saturated carbocycles. The van der Waals surface area contributed by atoms with Crippen molar-refractivity contribution in [2.75, 3.05) is 0 Å². The van der Waals surface area contributed by atoms with Crippen LogP contribution in [0.5, 0.6) is 5.75 Å². The van der Waals surface area contributed by atoms with Gasteiger partial charge in [-0.3, -0.25) is 0 Å². The Hall–Kier alpha value is -1.44. The Kier molecular flexibility index (Phi) is 7.61. The summed E-state index contributed by atoms with van der Waals surface area (Å²) in [6, 6.07) is 11.5. The van der Waals surface area contributed by atoms with E-state index >= 15 is 0 Å². The number of benzene rings is 2. The first-order valence-corrected chi connectivity index (χ1v) is 8.59. The van der Waals surface area contributed by atoms with Gasteiger partial charge in [0.05, 0.1) is 5.69 Å². The van der Waals surface area contributed by atoms with Crippen LogP contribution in [0.2, 0.25) is 5.02 Å². The molecule has 0 fully saturated rings. The Morgan fingerprint density at radius 3 is 2.69 bits per heavy atom. The van der Waals surface area contributed by atoms with Gasteiger partial charge in [0.2, 0.25) is 0 Å². The van der Waals surface area contributed by atoms with Crippen molar-refractivity contribution in [1.82, 2.24) is 4.98 Å². The SMILES string of the molecule is O=C([O-])c1nc(Cc2cc(Cl)ccc2OCc2ccccc2F)cs1.[Na+]. The van der Waals surface area contributed by atoms with Crippen LogP contribution in [0.25, 0.3) is 0 Å². The van der Waals surface area contributed by atoms with Crippen LogP contribution in [-0.4, -0.2) is 11.0 Å². The molecule has 0 atom stereocenters. The van der Waals surface area contributed by atoms with Crippen molar-refractivity contribution in [1.29, 1.82) is 0 Å². The molecule has 3 rings (SSSR count). The molecule has 0 unspecified atom stereocenters. The number of nitrogens with zero attached hydrogens (tertiary/aromatic N) is 1. The van der Waals surface area contributed by atoms with Crippen molar-refractivity contribution in [3.05, 3.63) is 80.5 Å². The average molecular weight is 400 g/mol. The van der Waals surface area contributed by atoms with Crippen molar-refractivity contribution in [2.24, 2.45) is 0 Å². The third-order valence-corrected chi connectivity index (χ3v) is 4.57. The molecule has 26 heavy (non-hydrogen) atoms. The number of thiazole rings is 1. The van der Waals surface area contributed by atoms with E-state index in [0.29, 0.717) is 28.5 Å². The zero-order valence-electron chi connectivity index (χ0n) is 13.9. The van der Waals surface area contributed by atoms with Crippen LogP contribution < -0.4 is 39.4 Å². The molecular formula is C18H12ClFNNaO3S. The third-order valence-electron chi connectivity index (χ3n) is 3.46. The van der Waals surface area contributed by atoms with Gasteiger partial charge in [0.1, 0.15) is 29.2 Å². The minimum absolute atomic E-state index is 0. The largest absolute Gasteiger partial charge is 1.00 e. The number of ether oxygens (including phenoxy) is 1. The molecule has 4 nitrogen and oxygen atoms in total. The van der Waals surface area contributed by atoms with Gasteiger partial charge in [-0.25, -0.2) is 9.37 Å². The van der Waals surface area contributed by atoms with E-state index < -0.39 is 5.97 Å². The summed E-state index contributed by atoms with van der Waals surface area (Å²) < 4.78 is 19.4. The molecule has 0 N–H and O–H groups in total. The van der Waals surface area contributed by atoms with Crippen LogP contribution in [0, 0.1) is 5.82 Å². The maximum atomic E-state index is 13.7. The Morgan fingerprint density at radius 1 is 1.23 bits per heavy atom. The number of aromatic nitrogens is 1. The molecule has 0 aliphatic rings. The van der Waals surface area contributed by atoms with Crippen molar-refractivity contribution in [2.45, 2.75) is 13.0 Å². The van der Waals surface area contributed by atoms with E-state index in [2.05, 4.69) is 4.98 Å². The fourth-order valence-corrected chi connectivity index (χ4v) is 3.12. The molecule has 0 saturated heterocycles. The Bertz CT molecular complexity index is 919. The van der Waals surface area contributed by atoms with Crippen LogP contribution in [0.4, 0.5) is 4.39 Å². The molecule has 0 aliphatic heterocycles. The maximum absolute atomic E-state index is 13.7. The summed E-state index contributed by atoms with van der Waals surface area (Å²) in [7, 11) is 0. The molecule has 2 aromatic carbocycles. The van der Waals surface area contributed by atoms with Crippen molar-refractivity contribution < 1.29 is 48.6 Å². The predicted octanol–water partition coefficient (Wildman–Crippen LogP) is 0.473. The molecule has 8 heteroatoms. The van der Waals surface area contributed by atoms with Gasteiger partial charge in [-0.1, -0.05) is 29.8 Å². The van der Waals surface area contributed by atoms with Gasteiger partial charge in [0.15, 0.2) is 0 Å². The Morgan fingerprint density at radius 2 is 2.00 bits per heavy atom. The summed E-state index contributed by atoms with van der Waals surface area (Å²) in [5, 5.41) is 12.9. The van der Waals surface area contributed by atoms with E-state index in [0.717, 1.165) is 16.9 Å². The molecule has 128 valence electrons. The Labute approximate surface area is 180 Å². The van der Waals surface area contributed by atoms with E-state index in [1.54, 1.807) is 41.8 Å². The summed E-state index contributed by atoms with van der Waals surface area (Å²) in [6.07, 6.45) is 0.344. The molecule has 0 spiro atoms. The summed E-state index contributed by atoms with van der Waals surface area (Å²) in [4.78, 5) is 14.8.